The first-order chi connectivity index (χ1) is 15.0. The Balaban J connectivity index is 1.74. The predicted octanol–water partition coefficient (Wildman–Crippen LogP) is 3.68. The number of carbonyl (C=O) groups excluding carboxylic acids is 1. The number of hydrogen-bond donors (Lipinski definition) is 1. The van der Waals surface area contributed by atoms with E-state index in [-0.39, 0.29) is 17.3 Å². The molecule has 0 radical (unpaired) electrons. The van der Waals surface area contributed by atoms with Crippen molar-refractivity contribution in [3.8, 4) is 5.69 Å². The molecule has 6 heteroatoms. The van der Waals surface area contributed by atoms with Crippen molar-refractivity contribution in [2.45, 2.75) is 12.3 Å². The van der Waals surface area contributed by atoms with Gasteiger partial charge in [-0.2, -0.15) is 0 Å². The zero-order valence-corrected chi connectivity index (χ0v) is 17.4. The lowest BCUT2D eigenvalue weighted by Gasteiger charge is -2.28. The minimum Gasteiger partial charge on any atom is -0.383 e. The van der Waals surface area contributed by atoms with E-state index in [1.165, 1.54) is 4.68 Å². The third-order valence-corrected chi connectivity index (χ3v) is 5.73. The van der Waals surface area contributed by atoms with Gasteiger partial charge in [-0.1, -0.05) is 48.5 Å². The molecule has 2 aromatic carbocycles. The van der Waals surface area contributed by atoms with Crippen molar-refractivity contribution in [3.63, 3.8) is 0 Å². The number of nitrogens with zero attached hydrogens (tertiary/aromatic N) is 3. The Morgan fingerprint density at radius 2 is 1.71 bits per heavy atom. The van der Waals surface area contributed by atoms with Crippen LogP contribution in [0.25, 0.3) is 16.7 Å². The van der Waals surface area contributed by atoms with Gasteiger partial charge < -0.3 is 4.90 Å². The Hall–Kier alpha value is -3.93. The molecule has 1 atom stereocenters. The van der Waals surface area contributed by atoms with E-state index in [0.29, 0.717) is 28.6 Å². The number of rotatable bonds is 3. The molecule has 1 unspecified atom stereocenters. The predicted molar refractivity (Wildman–Crippen MR) is 121 cm³/mol. The zero-order valence-electron chi connectivity index (χ0n) is 17.4. The quantitative estimate of drug-likeness (QED) is 0.523. The second-order valence-electron chi connectivity index (χ2n) is 8.01. The fourth-order valence-electron chi connectivity index (χ4n) is 4.34. The number of hydrogen-bond acceptors (Lipinski definition) is 4. The van der Waals surface area contributed by atoms with Crippen LogP contribution in [-0.4, -0.2) is 39.5 Å². The van der Waals surface area contributed by atoms with E-state index >= 15 is 0 Å². The number of Topliss-reactive ketones (excluding diaryl/α,β-unsaturated/α-hetero) is 1. The van der Waals surface area contributed by atoms with Gasteiger partial charge in [0.05, 0.1) is 11.1 Å². The summed E-state index contributed by atoms with van der Waals surface area (Å²) in [4.78, 5) is 33.2. The monoisotopic (exact) mass is 410 g/mol. The Morgan fingerprint density at radius 3 is 2.39 bits per heavy atom. The number of aromatic amines is 1. The molecule has 0 amide bonds. The number of nitrogens with one attached hydrogen (secondary N) is 1. The van der Waals surface area contributed by atoms with Crippen molar-refractivity contribution < 1.29 is 4.79 Å². The lowest BCUT2D eigenvalue weighted by atomic mass is 9.76. The fourth-order valence-corrected chi connectivity index (χ4v) is 4.34. The molecule has 1 N–H and O–H groups in total. The first-order valence-corrected chi connectivity index (χ1v) is 10.2. The van der Waals surface area contributed by atoms with Crippen molar-refractivity contribution >= 4 is 16.8 Å². The van der Waals surface area contributed by atoms with E-state index in [9.17, 15) is 9.59 Å². The van der Waals surface area contributed by atoms with Gasteiger partial charge in [0.15, 0.2) is 11.4 Å². The number of allylic oxidation sites excluding steroid dienone is 1. The first-order valence-electron chi connectivity index (χ1n) is 10.2. The highest BCUT2D eigenvalue weighted by Crippen LogP contribution is 2.38. The summed E-state index contributed by atoms with van der Waals surface area (Å²) in [6, 6.07) is 19.4. The van der Waals surface area contributed by atoms with Gasteiger partial charge in [-0.25, -0.2) is 9.67 Å². The van der Waals surface area contributed by atoms with Crippen LogP contribution >= 0.6 is 0 Å². The molecular formula is C25H22N4O2. The van der Waals surface area contributed by atoms with Crippen molar-refractivity contribution in [1.82, 2.24) is 19.7 Å². The average Bonchev–Trinajstić information content (AvgIpc) is 3.13. The smallest absolute Gasteiger partial charge is 0.281 e. The largest absolute Gasteiger partial charge is 0.383 e. The Morgan fingerprint density at radius 1 is 1.03 bits per heavy atom. The molecule has 0 aliphatic heterocycles. The summed E-state index contributed by atoms with van der Waals surface area (Å²) in [7, 11) is 3.81. The molecule has 0 spiro atoms. The molecule has 31 heavy (non-hydrogen) atoms. The van der Waals surface area contributed by atoms with E-state index in [1.54, 1.807) is 6.20 Å². The van der Waals surface area contributed by atoms with E-state index in [4.69, 9.17) is 0 Å². The Kier molecular flexibility index (Phi) is 4.55. The van der Waals surface area contributed by atoms with Crippen LogP contribution in [0, 0.1) is 0 Å². The molecular weight excluding hydrogens is 388 g/mol. The molecule has 154 valence electrons. The topological polar surface area (TPSA) is 71.0 Å². The second-order valence-corrected chi connectivity index (χ2v) is 8.01. The maximum absolute atomic E-state index is 13.5. The van der Waals surface area contributed by atoms with E-state index in [1.807, 2.05) is 85.9 Å². The molecule has 0 bridgehead atoms. The molecule has 1 aliphatic rings. The summed E-state index contributed by atoms with van der Waals surface area (Å²) >= 11 is 0. The highest BCUT2D eigenvalue weighted by Gasteiger charge is 2.34. The van der Waals surface area contributed by atoms with Gasteiger partial charge in [0.1, 0.15) is 0 Å². The molecule has 2 heterocycles. The van der Waals surface area contributed by atoms with Crippen molar-refractivity contribution in [1.29, 1.82) is 0 Å². The molecule has 0 saturated carbocycles. The van der Waals surface area contributed by atoms with Crippen molar-refractivity contribution in [3.05, 3.63) is 106 Å². The number of aromatic nitrogens is 3. The van der Waals surface area contributed by atoms with E-state index in [0.717, 1.165) is 16.8 Å². The van der Waals surface area contributed by atoms with Gasteiger partial charge in [-0.15, -0.1) is 0 Å². The Bertz CT molecular complexity index is 1370. The van der Waals surface area contributed by atoms with Crippen LogP contribution in [0.4, 0.5) is 0 Å². The number of pyridine rings is 1. The fraction of sp³-hybridized carbons (Fsp3) is 0.160. The number of carbonyl (C=O) groups is 1. The zero-order chi connectivity index (χ0) is 21.5. The third-order valence-electron chi connectivity index (χ3n) is 5.73. The molecule has 4 aromatic rings. The Labute approximate surface area is 179 Å². The minimum atomic E-state index is -0.190. The lowest BCUT2D eigenvalue weighted by Crippen LogP contribution is -2.26. The second kappa shape index (κ2) is 7.40. The third kappa shape index (κ3) is 3.17. The van der Waals surface area contributed by atoms with Gasteiger partial charge in [-0.05, 0) is 29.7 Å². The standard InChI is InChI=1S/C25H22N4O2/c1-28(2)15-21-18(16-9-5-3-6-10-16)13-19-20(23(21)30)14-26-24-22(19)25(31)29(27-24)17-11-7-4-8-12-17/h3-12,14-15,18H,13H2,1-2H3,(H,26,27)/b21-15-. The summed E-state index contributed by atoms with van der Waals surface area (Å²) < 4.78 is 1.49. The molecule has 6 nitrogen and oxygen atoms in total. The van der Waals surface area contributed by atoms with Crippen LogP contribution in [0.2, 0.25) is 0 Å². The van der Waals surface area contributed by atoms with Crippen LogP contribution in [-0.2, 0) is 6.42 Å². The number of fused-ring (bicyclic) bond motifs is 3. The maximum atomic E-state index is 13.5. The molecule has 0 saturated heterocycles. The van der Waals surface area contributed by atoms with Crippen LogP contribution in [0.1, 0.15) is 27.4 Å². The van der Waals surface area contributed by atoms with E-state index < -0.39 is 0 Å². The van der Waals surface area contributed by atoms with Crippen molar-refractivity contribution in [2.24, 2.45) is 0 Å². The summed E-state index contributed by atoms with van der Waals surface area (Å²) in [5.41, 5.74) is 4.06. The number of para-hydroxylation sites is 1. The summed E-state index contributed by atoms with van der Waals surface area (Å²) in [5.74, 6) is -0.210. The SMILES string of the molecule is CN(C)/C=C1\C(=O)c2cnc3[nH]n(-c4ccccc4)c(=O)c3c2CC1c1ccccc1. The van der Waals surface area contributed by atoms with Crippen molar-refractivity contribution in [2.75, 3.05) is 14.1 Å². The van der Waals surface area contributed by atoms with Gasteiger partial charge in [-0.3, -0.25) is 14.7 Å². The average molecular weight is 410 g/mol. The summed E-state index contributed by atoms with van der Waals surface area (Å²) in [5, 5.41) is 3.59. The maximum Gasteiger partial charge on any atom is 0.281 e. The lowest BCUT2D eigenvalue weighted by molar-refractivity contribution is 0.101. The minimum absolute atomic E-state index is 0.0786. The molecule has 0 fully saturated rings. The van der Waals surface area contributed by atoms with Crippen LogP contribution in [0.15, 0.2) is 83.4 Å². The van der Waals surface area contributed by atoms with E-state index in [2.05, 4.69) is 10.1 Å². The van der Waals surface area contributed by atoms with Gasteiger partial charge in [0.2, 0.25) is 0 Å². The molecule has 1 aliphatic carbocycles. The normalized spacial score (nSPS) is 17.2. The van der Waals surface area contributed by atoms with Gasteiger partial charge >= 0.3 is 0 Å². The number of H-pyrrole nitrogens is 1. The first kappa shape index (κ1) is 19.1. The highest BCUT2D eigenvalue weighted by atomic mass is 16.1. The molecule has 5 rings (SSSR count). The highest BCUT2D eigenvalue weighted by molar-refractivity contribution is 6.13. The van der Waals surface area contributed by atoms with Crippen LogP contribution in [0.5, 0.6) is 0 Å². The summed E-state index contributed by atoms with van der Waals surface area (Å²) in [6.45, 7) is 0. The molecule has 2 aromatic heterocycles. The number of benzene rings is 2. The van der Waals surface area contributed by atoms with Crippen LogP contribution < -0.4 is 5.56 Å². The van der Waals surface area contributed by atoms with Gasteiger partial charge in [0.25, 0.3) is 5.56 Å². The van der Waals surface area contributed by atoms with Crippen LogP contribution in [0.3, 0.4) is 0 Å². The van der Waals surface area contributed by atoms with Gasteiger partial charge in [0, 0.05) is 43.5 Å². The number of ketones is 1. The summed E-state index contributed by atoms with van der Waals surface area (Å²) in [6.07, 6.45) is 4.04.